The number of rotatable bonds is 13. The molecule has 0 spiro atoms. The molecule has 0 saturated carbocycles. The van der Waals surface area contributed by atoms with E-state index in [1.165, 1.54) is 13.1 Å². The molecule has 0 aliphatic rings. The predicted octanol–water partition coefficient (Wildman–Crippen LogP) is 2.18. The van der Waals surface area contributed by atoms with Crippen molar-refractivity contribution >= 4 is 40.5 Å². The molecule has 0 unspecified atom stereocenters. The summed E-state index contributed by atoms with van der Waals surface area (Å²) in [5.41, 5.74) is 0.218. The second kappa shape index (κ2) is 15.9. The minimum Gasteiger partial charge on any atom is -0.506 e. The summed E-state index contributed by atoms with van der Waals surface area (Å²) in [6.45, 7) is 4.43. The lowest BCUT2D eigenvalue weighted by molar-refractivity contribution is -0.136. The van der Waals surface area contributed by atoms with Crippen LogP contribution >= 0.6 is 0 Å². The molecule has 0 radical (unpaired) electrons. The first-order valence-electron chi connectivity index (χ1n) is 16.0. The van der Waals surface area contributed by atoms with Crippen LogP contribution in [0.4, 0.5) is 0 Å². The van der Waals surface area contributed by atoms with Crippen LogP contribution < -0.4 is 26.8 Å². The molecule has 4 rings (SSSR count). The molecule has 0 bridgehead atoms. The SMILES string of the molecule is Cn1c(=O)c(C(=O)NCC(=O)O)c(O)c2cc(CNC(=O)[C@H](Cc3ccccc3)NC(=O)[C@@H](Cc3ccccc3)NC(=O)C(C)(C)C)ccc21. The van der Waals surface area contributed by atoms with Gasteiger partial charge in [0.1, 0.15) is 29.9 Å². The number of aliphatic carboxylic acids is 1. The van der Waals surface area contributed by atoms with Crippen LogP contribution in [0.2, 0.25) is 0 Å². The van der Waals surface area contributed by atoms with Crippen molar-refractivity contribution in [2.45, 2.75) is 52.2 Å². The number of benzene rings is 3. The van der Waals surface area contributed by atoms with Crippen molar-refractivity contribution < 1.29 is 34.2 Å². The van der Waals surface area contributed by atoms with E-state index in [9.17, 15) is 33.9 Å². The van der Waals surface area contributed by atoms with Gasteiger partial charge >= 0.3 is 5.97 Å². The molecular weight excluding hydrogens is 642 g/mol. The number of fused-ring (bicyclic) bond motifs is 1. The second-order valence-electron chi connectivity index (χ2n) is 13.0. The van der Waals surface area contributed by atoms with Gasteiger partial charge in [0, 0.05) is 37.2 Å². The van der Waals surface area contributed by atoms with Crippen molar-refractivity contribution in [1.82, 2.24) is 25.8 Å². The average Bonchev–Trinajstić information content (AvgIpc) is 3.08. The van der Waals surface area contributed by atoms with Crippen molar-refractivity contribution in [3.8, 4) is 5.75 Å². The standard InChI is InChI=1S/C37H41N5O8/c1-37(2,3)36(50)41-27(19-23-13-9-6-10-14-23)33(47)40-26(18-22-11-7-5-8-12-22)32(46)38-20-24-15-16-28-25(17-24)31(45)30(35(49)42(28)4)34(48)39-21-29(43)44/h5-17,26-27,45H,18-21H2,1-4H3,(H,38,46)(H,39,48)(H,40,47)(H,41,50)(H,43,44)/t26-,27+/m0/s1. The van der Waals surface area contributed by atoms with Crippen molar-refractivity contribution in [1.29, 1.82) is 0 Å². The van der Waals surface area contributed by atoms with Crippen LogP contribution in [0.25, 0.3) is 10.9 Å². The van der Waals surface area contributed by atoms with Gasteiger partial charge in [-0.1, -0.05) is 87.5 Å². The molecule has 3 aromatic carbocycles. The summed E-state index contributed by atoms with van der Waals surface area (Å²) < 4.78 is 1.16. The molecule has 0 saturated heterocycles. The van der Waals surface area contributed by atoms with Gasteiger partial charge in [-0.05, 0) is 28.8 Å². The maximum absolute atomic E-state index is 13.8. The summed E-state index contributed by atoms with van der Waals surface area (Å²) in [5.74, 6) is -4.37. The van der Waals surface area contributed by atoms with E-state index >= 15 is 0 Å². The Hall–Kier alpha value is -5.98. The normalized spacial score (nSPS) is 12.4. The van der Waals surface area contributed by atoms with E-state index < -0.39 is 64.6 Å². The van der Waals surface area contributed by atoms with Crippen LogP contribution in [-0.4, -0.2) is 63.0 Å². The summed E-state index contributed by atoms with van der Waals surface area (Å²) in [6.07, 6.45) is 0.354. The molecule has 262 valence electrons. The topological polar surface area (TPSA) is 196 Å². The van der Waals surface area contributed by atoms with Gasteiger partial charge in [0.25, 0.3) is 11.5 Å². The Morgan fingerprint density at radius 3 is 1.86 bits per heavy atom. The maximum Gasteiger partial charge on any atom is 0.322 e. The summed E-state index contributed by atoms with van der Waals surface area (Å²) in [5, 5.41) is 30.5. The van der Waals surface area contributed by atoms with Crippen molar-refractivity contribution in [3.05, 3.63) is 111 Å². The summed E-state index contributed by atoms with van der Waals surface area (Å²) in [6, 6.07) is 21.0. The first-order valence-corrected chi connectivity index (χ1v) is 16.0. The van der Waals surface area contributed by atoms with E-state index in [0.717, 1.165) is 15.7 Å². The number of amides is 4. The molecule has 6 N–H and O–H groups in total. The van der Waals surface area contributed by atoms with Gasteiger partial charge in [-0.3, -0.25) is 28.8 Å². The van der Waals surface area contributed by atoms with Crippen LogP contribution in [0.1, 0.15) is 47.8 Å². The van der Waals surface area contributed by atoms with Crippen LogP contribution in [-0.2, 0) is 45.6 Å². The lowest BCUT2D eigenvalue weighted by atomic mass is 9.94. The zero-order valence-electron chi connectivity index (χ0n) is 28.3. The van der Waals surface area contributed by atoms with E-state index in [2.05, 4.69) is 21.3 Å². The van der Waals surface area contributed by atoms with Crippen LogP contribution in [0.5, 0.6) is 5.75 Å². The highest BCUT2D eigenvalue weighted by Crippen LogP contribution is 2.27. The molecule has 4 aromatic rings. The fourth-order valence-corrected chi connectivity index (χ4v) is 5.21. The number of carbonyl (C=O) groups is 5. The smallest absolute Gasteiger partial charge is 0.322 e. The maximum atomic E-state index is 13.8. The van der Waals surface area contributed by atoms with Crippen molar-refractivity contribution in [3.63, 3.8) is 0 Å². The fraction of sp³-hybridized carbons (Fsp3) is 0.297. The molecule has 50 heavy (non-hydrogen) atoms. The third-order valence-electron chi connectivity index (χ3n) is 8.03. The van der Waals surface area contributed by atoms with Gasteiger partial charge < -0.3 is 36.0 Å². The van der Waals surface area contributed by atoms with Crippen LogP contribution in [0.15, 0.2) is 83.7 Å². The van der Waals surface area contributed by atoms with Gasteiger partial charge in [0.15, 0.2) is 0 Å². The minimum absolute atomic E-state index is 0.0486. The van der Waals surface area contributed by atoms with E-state index in [0.29, 0.717) is 11.1 Å². The van der Waals surface area contributed by atoms with Gasteiger partial charge in [0.2, 0.25) is 17.7 Å². The first-order chi connectivity index (χ1) is 23.6. The molecule has 0 aliphatic heterocycles. The summed E-state index contributed by atoms with van der Waals surface area (Å²) in [7, 11) is 1.41. The van der Waals surface area contributed by atoms with Gasteiger partial charge in [-0.25, -0.2) is 0 Å². The number of aromatic hydroxyl groups is 1. The minimum atomic E-state index is -1.32. The van der Waals surface area contributed by atoms with Crippen LogP contribution in [0.3, 0.4) is 0 Å². The van der Waals surface area contributed by atoms with E-state index in [-0.39, 0.29) is 30.7 Å². The average molecular weight is 684 g/mol. The molecule has 2 atom stereocenters. The van der Waals surface area contributed by atoms with E-state index in [4.69, 9.17) is 5.11 Å². The Kier molecular flexibility index (Phi) is 11.8. The molecule has 1 heterocycles. The van der Waals surface area contributed by atoms with E-state index in [1.54, 1.807) is 32.9 Å². The highest BCUT2D eigenvalue weighted by Gasteiger charge is 2.31. The Bertz CT molecular complexity index is 1950. The van der Waals surface area contributed by atoms with Crippen LogP contribution in [0, 0.1) is 5.41 Å². The molecular formula is C37H41N5O8. The van der Waals surface area contributed by atoms with Crippen molar-refractivity contribution in [2.75, 3.05) is 6.54 Å². The highest BCUT2D eigenvalue weighted by molar-refractivity contribution is 6.03. The number of pyridine rings is 1. The molecule has 0 aliphatic carbocycles. The van der Waals surface area contributed by atoms with Crippen molar-refractivity contribution in [2.24, 2.45) is 12.5 Å². The number of nitrogens with zero attached hydrogens (tertiary/aromatic N) is 1. The van der Waals surface area contributed by atoms with E-state index in [1.807, 2.05) is 60.7 Å². The van der Waals surface area contributed by atoms with Gasteiger partial charge in [0.05, 0.1) is 5.52 Å². The number of aryl methyl sites for hydroxylation is 1. The number of nitrogens with one attached hydrogen (secondary N) is 4. The number of hydrogen-bond donors (Lipinski definition) is 6. The Labute approximate surface area is 288 Å². The Balaban J connectivity index is 1.58. The molecule has 4 amide bonds. The second-order valence-corrected chi connectivity index (χ2v) is 13.0. The fourth-order valence-electron chi connectivity index (χ4n) is 5.21. The number of aromatic nitrogens is 1. The predicted molar refractivity (Wildman–Crippen MR) is 186 cm³/mol. The number of carbonyl (C=O) groups excluding carboxylic acids is 4. The largest absolute Gasteiger partial charge is 0.506 e. The number of hydrogen-bond acceptors (Lipinski definition) is 7. The third kappa shape index (κ3) is 9.34. The molecule has 13 nitrogen and oxygen atoms in total. The highest BCUT2D eigenvalue weighted by atomic mass is 16.4. The molecule has 0 fully saturated rings. The Morgan fingerprint density at radius 1 is 0.760 bits per heavy atom. The lowest BCUT2D eigenvalue weighted by Crippen LogP contribution is -2.56. The third-order valence-corrected chi connectivity index (χ3v) is 8.03. The summed E-state index contributed by atoms with van der Waals surface area (Å²) >= 11 is 0. The molecule has 1 aromatic heterocycles. The monoisotopic (exact) mass is 683 g/mol. The zero-order chi connectivity index (χ0) is 36.6. The Morgan fingerprint density at radius 2 is 1.32 bits per heavy atom. The number of carboxylic acids is 1. The summed E-state index contributed by atoms with van der Waals surface area (Å²) in [4.78, 5) is 76.8. The number of carboxylic acid groups (broad SMARTS) is 1. The van der Waals surface area contributed by atoms with Gasteiger partial charge in [-0.15, -0.1) is 0 Å². The first kappa shape index (κ1) is 36.8. The molecule has 13 heteroatoms. The quantitative estimate of drug-likeness (QED) is 0.123. The zero-order valence-corrected chi connectivity index (χ0v) is 28.3. The lowest BCUT2D eigenvalue weighted by Gasteiger charge is -2.26. The van der Waals surface area contributed by atoms with Gasteiger partial charge in [-0.2, -0.15) is 0 Å².